The van der Waals surface area contributed by atoms with Crippen LogP contribution in [-0.2, 0) is 11.3 Å². The molecule has 1 aromatic carbocycles. The molecule has 0 radical (unpaired) electrons. The molecule has 1 heterocycles. The van der Waals surface area contributed by atoms with Crippen LogP contribution >= 0.6 is 11.6 Å². The highest BCUT2D eigenvalue weighted by Gasteiger charge is 2.23. The van der Waals surface area contributed by atoms with Gasteiger partial charge in [-0.05, 0) is 37.0 Å². The first-order chi connectivity index (χ1) is 13.1. The molecule has 1 aliphatic carbocycles. The minimum Gasteiger partial charge on any atom is -0.356 e. The maximum absolute atomic E-state index is 11.7. The third-order valence-electron chi connectivity index (χ3n) is 4.99. The smallest absolute Gasteiger partial charge is 0.220 e. The fraction of sp³-hybridized carbons (Fsp3) is 0.600. The lowest BCUT2D eigenvalue weighted by Gasteiger charge is -2.36. The number of benzene rings is 1. The van der Waals surface area contributed by atoms with Crippen molar-refractivity contribution in [2.24, 2.45) is 4.99 Å². The Kier molecular flexibility index (Phi) is 7.35. The Morgan fingerprint density at radius 3 is 2.70 bits per heavy atom. The first-order valence-corrected chi connectivity index (χ1v) is 10.2. The van der Waals surface area contributed by atoms with E-state index in [9.17, 15) is 4.79 Å². The highest BCUT2D eigenvalue weighted by Crippen LogP contribution is 2.18. The number of guanidine groups is 1. The van der Waals surface area contributed by atoms with Crippen molar-refractivity contribution in [3.63, 3.8) is 0 Å². The van der Waals surface area contributed by atoms with Gasteiger partial charge < -0.3 is 15.5 Å². The summed E-state index contributed by atoms with van der Waals surface area (Å²) in [6.45, 7) is 5.59. The predicted octanol–water partition coefficient (Wildman–Crippen LogP) is 2.09. The van der Waals surface area contributed by atoms with Crippen LogP contribution in [0.15, 0.2) is 29.3 Å². The number of piperazine rings is 1. The molecule has 2 fully saturated rings. The van der Waals surface area contributed by atoms with E-state index in [4.69, 9.17) is 11.6 Å². The Morgan fingerprint density at radius 1 is 1.26 bits per heavy atom. The van der Waals surface area contributed by atoms with Gasteiger partial charge in [0.05, 0.1) is 0 Å². The van der Waals surface area contributed by atoms with E-state index in [1.54, 1.807) is 0 Å². The Hall–Kier alpha value is -1.79. The van der Waals surface area contributed by atoms with Crippen LogP contribution in [0.3, 0.4) is 0 Å². The van der Waals surface area contributed by atoms with Crippen molar-refractivity contribution in [3.8, 4) is 0 Å². The van der Waals surface area contributed by atoms with Gasteiger partial charge in [-0.15, -0.1) is 0 Å². The van der Waals surface area contributed by atoms with E-state index in [1.807, 2.05) is 25.2 Å². The molecule has 2 aliphatic rings. The van der Waals surface area contributed by atoms with Gasteiger partial charge in [-0.3, -0.25) is 14.7 Å². The molecule has 0 bridgehead atoms. The summed E-state index contributed by atoms with van der Waals surface area (Å²) in [5.41, 5.74) is 1.25. The predicted molar refractivity (Wildman–Crippen MR) is 110 cm³/mol. The normalized spacial score (nSPS) is 18.4. The highest BCUT2D eigenvalue weighted by atomic mass is 35.5. The fourth-order valence-corrected chi connectivity index (χ4v) is 3.53. The zero-order valence-corrected chi connectivity index (χ0v) is 16.8. The lowest BCUT2D eigenvalue weighted by molar-refractivity contribution is -0.121. The third kappa shape index (κ3) is 6.70. The average Bonchev–Trinajstić information content (AvgIpc) is 3.47. The van der Waals surface area contributed by atoms with Crippen molar-refractivity contribution in [3.05, 3.63) is 34.9 Å². The van der Waals surface area contributed by atoms with Gasteiger partial charge in [0.2, 0.25) is 5.91 Å². The molecule has 27 heavy (non-hydrogen) atoms. The summed E-state index contributed by atoms with van der Waals surface area (Å²) >= 11 is 6.08. The molecule has 148 valence electrons. The molecule has 7 heteroatoms. The van der Waals surface area contributed by atoms with E-state index in [2.05, 4.69) is 31.5 Å². The van der Waals surface area contributed by atoms with Crippen molar-refractivity contribution < 1.29 is 4.79 Å². The average molecular weight is 392 g/mol. The summed E-state index contributed by atoms with van der Waals surface area (Å²) in [5.74, 6) is 1.10. The third-order valence-corrected chi connectivity index (χ3v) is 5.22. The number of hydrogen-bond acceptors (Lipinski definition) is 3. The first-order valence-electron chi connectivity index (χ1n) is 9.86. The first kappa shape index (κ1) is 20.0. The second-order valence-electron chi connectivity index (χ2n) is 7.31. The van der Waals surface area contributed by atoms with Crippen LogP contribution in [0, 0.1) is 0 Å². The molecule has 0 aromatic heterocycles. The number of rotatable bonds is 7. The zero-order chi connectivity index (χ0) is 19.1. The van der Waals surface area contributed by atoms with Gasteiger partial charge in [-0.1, -0.05) is 23.7 Å². The minimum atomic E-state index is 0.170. The lowest BCUT2D eigenvalue weighted by Crippen LogP contribution is -2.52. The molecule has 1 aliphatic heterocycles. The molecule has 1 saturated carbocycles. The number of hydrogen-bond donors (Lipinski definition) is 2. The second-order valence-corrected chi connectivity index (χ2v) is 7.75. The highest BCUT2D eigenvalue weighted by molar-refractivity contribution is 6.30. The van der Waals surface area contributed by atoms with Crippen LogP contribution in [-0.4, -0.2) is 67.5 Å². The summed E-state index contributed by atoms with van der Waals surface area (Å²) in [6, 6.07) is 8.52. The molecule has 1 amide bonds. The van der Waals surface area contributed by atoms with Crippen LogP contribution in [0.4, 0.5) is 0 Å². The fourth-order valence-electron chi connectivity index (χ4n) is 3.32. The van der Waals surface area contributed by atoms with Crippen LogP contribution < -0.4 is 10.6 Å². The Balaban J connectivity index is 1.34. The van der Waals surface area contributed by atoms with Crippen molar-refractivity contribution in [1.29, 1.82) is 0 Å². The zero-order valence-electron chi connectivity index (χ0n) is 16.1. The lowest BCUT2D eigenvalue weighted by atomic mass is 10.2. The molecule has 0 atom stereocenters. The van der Waals surface area contributed by atoms with Crippen molar-refractivity contribution in [2.75, 3.05) is 39.8 Å². The van der Waals surface area contributed by atoms with E-state index in [0.29, 0.717) is 12.5 Å². The van der Waals surface area contributed by atoms with Gasteiger partial charge >= 0.3 is 0 Å². The summed E-state index contributed by atoms with van der Waals surface area (Å²) in [7, 11) is 1.82. The SMILES string of the molecule is CN=C(NCCCC(=O)NC1CC1)N1CCN(Cc2cccc(Cl)c2)CC1. The van der Waals surface area contributed by atoms with Gasteiger partial charge in [0.25, 0.3) is 0 Å². The molecule has 2 N–H and O–H groups in total. The Bertz CT molecular complexity index is 654. The summed E-state index contributed by atoms with van der Waals surface area (Å²) in [6.07, 6.45) is 3.68. The number of carbonyl (C=O) groups is 1. The molecule has 6 nitrogen and oxygen atoms in total. The van der Waals surface area contributed by atoms with Gasteiger partial charge in [0.1, 0.15) is 0 Å². The maximum atomic E-state index is 11.7. The largest absolute Gasteiger partial charge is 0.356 e. The summed E-state index contributed by atoms with van der Waals surface area (Å²) in [5, 5.41) is 7.21. The molecule has 0 unspecified atom stereocenters. The minimum absolute atomic E-state index is 0.170. The monoisotopic (exact) mass is 391 g/mol. The number of nitrogens with one attached hydrogen (secondary N) is 2. The quantitative estimate of drug-likeness (QED) is 0.424. The number of amides is 1. The van der Waals surface area contributed by atoms with E-state index < -0.39 is 0 Å². The molecule has 1 aromatic rings. The molecular weight excluding hydrogens is 362 g/mol. The van der Waals surface area contributed by atoms with Gasteiger partial charge in [-0.25, -0.2) is 0 Å². The van der Waals surface area contributed by atoms with Gasteiger partial charge in [0, 0.05) is 63.8 Å². The van der Waals surface area contributed by atoms with Crippen LogP contribution in [0.5, 0.6) is 0 Å². The van der Waals surface area contributed by atoms with Crippen LogP contribution in [0.1, 0.15) is 31.2 Å². The molecular formula is C20H30ClN5O. The van der Waals surface area contributed by atoms with E-state index in [-0.39, 0.29) is 5.91 Å². The van der Waals surface area contributed by atoms with E-state index in [1.165, 1.54) is 5.56 Å². The van der Waals surface area contributed by atoms with Crippen LogP contribution in [0.25, 0.3) is 0 Å². The molecule has 3 rings (SSSR count). The topological polar surface area (TPSA) is 60.0 Å². The second kappa shape index (κ2) is 9.95. The molecule has 0 spiro atoms. The Labute approximate surface area is 167 Å². The number of aliphatic imine (C=N–C) groups is 1. The van der Waals surface area contributed by atoms with Crippen LogP contribution in [0.2, 0.25) is 5.02 Å². The van der Waals surface area contributed by atoms with Crippen molar-refractivity contribution in [1.82, 2.24) is 20.4 Å². The Morgan fingerprint density at radius 2 is 2.04 bits per heavy atom. The van der Waals surface area contributed by atoms with Crippen molar-refractivity contribution in [2.45, 2.75) is 38.3 Å². The standard InChI is InChI=1S/C20H30ClN5O/c1-22-20(23-9-3-6-19(27)24-18-7-8-18)26-12-10-25(11-13-26)15-16-4-2-5-17(21)14-16/h2,4-5,14,18H,3,6-13,15H2,1H3,(H,22,23)(H,24,27). The van der Waals surface area contributed by atoms with E-state index >= 15 is 0 Å². The van der Waals surface area contributed by atoms with Gasteiger partial charge in [-0.2, -0.15) is 0 Å². The van der Waals surface area contributed by atoms with Gasteiger partial charge in [0.15, 0.2) is 5.96 Å². The number of halogens is 1. The summed E-state index contributed by atoms with van der Waals surface area (Å²) < 4.78 is 0. The maximum Gasteiger partial charge on any atom is 0.220 e. The number of nitrogens with zero attached hydrogens (tertiary/aromatic N) is 3. The molecule has 1 saturated heterocycles. The van der Waals surface area contributed by atoms with Crippen molar-refractivity contribution >= 4 is 23.5 Å². The summed E-state index contributed by atoms with van der Waals surface area (Å²) in [4.78, 5) is 20.9. The van der Waals surface area contributed by atoms with E-state index in [0.717, 1.165) is 69.5 Å². The number of carbonyl (C=O) groups excluding carboxylic acids is 1.